The number of hydrogen-bond acceptors (Lipinski definition) is 1. The first-order valence-corrected chi connectivity index (χ1v) is 7.46. The number of hydrogen-bond donors (Lipinski definition) is 0. The summed E-state index contributed by atoms with van der Waals surface area (Å²) in [6.07, 6.45) is 0. The molecule has 17 heavy (non-hydrogen) atoms. The van der Waals surface area contributed by atoms with E-state index < -0.39 is 0 Å². The largest absolute Gasteiger partial charge is 0.127 e. The highest BCUT2D eigenvalue weighted by Crippen LogP contribution is 2.42. The lowest BCUT2D eigenvalue weighted by Crippen LogP contribution is -1.76. The van der Waals surface area contributed by atoms with Crippen molar-refractivity contribution in [3.05, 3.63) is 56.4 Å². The zero-order valence-corrected chi connectivity index (χ0v) is 12.5. The summed E-state index contributed by atoms with van der Waals surface area (Å²) in [6.45, 7) is 0. The van der Waals surface area contributed by atoms with Crippen LogP contribution < -0.4 is 0 Å². The fourth-order valence-corrected chi connectivity index (χ4v) is 4.44. The Kier molecular flexibility index (Phi) is 3.11. The third-order valence-electron chi connectivity index (χ3n) is 2.69. The molecular weight excluding hydrogens is 363 g/mol. The van der Waals surface area contributed by atoms with E-state index in [9.17, 15) is 0 Å². The lowest BCUT2D eigenvalue weighted by atomic mass is 10.1. The molecule has 0 saturated heterocycles. The fourth-order valence-electron chi connectivity index (χ4n) is 1.93. The summed E-state index contributed by atoms with van der Waals surface area (Å²) in [5, 5.41) is 2.09. The number of halogens is 2. The molecule has 0 aliphatic rings. The van der Waals surface area contributed by atoms with Gasteiger partial charge >= 0.3 is 0 Å². The number of benzene rings is 2. The molecule has 0 radical (unpaired) electrons. The number of thiophene rings is 1. The molecule has 0 aliphatic carbocycles. The van der Waals surface area contributed by atoms with Crippen LogP contribution in [0.2, 0.25) is 5.02 Å². The van der Waals surface area contributed by atoms with Gasteiger partial charge in [-0.15, -0.1) is 11.3 Å². The van der Waals surface area contributed by atoms with Crippen LogP contribution in [-0.2, 0) is 0 Å². The number of rotatable bonds is 1. The highest BCUT2D eigenvalue weighted by Gasteiger charge is 2.13. The Balaban J connectivity index is 2.37. The average Bonchev–Trinajstić information content (AvgIpc) is 2.68. The molecule has 0 atom stereocenters. The second-order valence-corrected chi connectivity index (χ2v) is 6.97. The average molecular weight is 371 g/mol. The molecule has 3 heteroatoms. The second kappa shape index (κ2) is 4.59. The maximum absolute atomic E-state index is 6.24. The molecule has 0 unspecified atom stereocenters. The highest BCUT2D eigenvalue weighted by molar-refractivity contribution is 14.1. The molecule has 0 nitrogen and oxygen atoms in total. The van der Waals surface area contributed by atoms with Gasteiger partial charge in [0.15, 0.2) is 0 Å². The van der Waals surface area contributed by atoms with Crippen molar-refractivity contribution in [2.24, 2.45) is 0 Å². The Hall–Kier alpha value is -0.580. The highest BCUT2D eigenvalue weighted by atomic mass is 127. The second-order valence-electron chi connectivity index (χ2n) is 3.73. The molecule has 0 aliphatic heterocycles. The molecule has 0 bridgehead atoms. The predicted octanol–water partition coefficient (Wildman–Crippen LogP) is 5.83. The Morgan fingerprint density at radius 1 is 0.941 bits per heavy atom. The first-order chi connectivity index (χ1) is 8.27. The third kappa shape index (κ3) is 1.98. The van der Waals surface area contributed by atoms with Crippen molar-refractivity contribution >= 4 is 55.6 Å². The van der Waals surface area contributed by atoms with Gasteiger partial charge in [-0.1, -0.05) is 54.1 Å². The summed E-state index contributed by atoms with van der Waals surface area (Å²) in [5.74, 6) is 0. The molecule has 1 heterocycles. The summed E-state index contributed by atoms with van der Waals surface area (Å²) in [6, 6.07) is 16.6. The van der Waals surface area contributed by atoms with Crippen LogP contribution in [0.4, 0.5) is 0 Å². The molecule has 0 amide bonds. The van der Waals surface area contributed by atoms with Crippen LogP contribution in [0.5, 0.6) is 0 Å². The molecule has 0 N–H and O–H groups in total. The van der Waals surface area contributed by atoms with Gasteiger partial charge in [0.05, 0.1) is 12.6 Å². The van der Waals surface area contributed by atoms with Crippen LogP contribution >= 0.6 is 45.5 Å². The van der Waals surface area contributed by atoms with E-state index >= 15 is 0 Å². The lowest BCUT2D eigenvalue weighted by molar-refractivity contribution is 1.68. The van der Waals surface area contributed by atoms with Gasteiger partial charge in [-0.2, -0.15) is 0 Å². The topological polar surface area (TPSA) is 0 Å². The van der Waals surface area contributed by atoms with E-state index in [1.54, 1.807) is 11.3 Å². The lowest BCUT2D eigenvalue weighted by Gasteiger charge is -2.00. The van der Waals surface area contributed by atoms with Crippen LogP contribution in [0, 0.1) is 2.88 Å². The number of fused-ring (bicyclic) bond motifs is 1. The van der Waals surface area contributed by atoms with Crippen molar-refractivity contribution < 1.29 is 0 Å². The van der Waals surface area contributed by atoms with Crippen LogP contribution in [-0.4, -0.2) is 0 Å². The van der Waals surface area contributed by atoms with Gasteiger partial charge in [-0.05, 0) is 34.2 Å². The van der Waals surface area contributed by atoms with Crippen LogP contribution in [0.3, 0.4) is 0 Å². The van der Waals surface area contributed by atoms with Gasteiger partial charge in [0.1, 0.15) is 0 Å². The maximum Gasteiger partial charge on any atom is 0.0744 e. The zero-order valence-electron chi connectivity index (χ0n) is 8.78. The normalized spacial score (nSPS) is 10.9. The maximum atomic E-state index is 6.24. The standard InChI is InChI=1S/C14H8ClIS/c15-11-8-4-7-10-12(14(16)17-13(10)11)9-5-2-1-3-6-9/h1-8H. The van der Waals surface area contributed by atoms with Gasteiger partial charge in [0, 0.05) is 10.9 Å². The van der Waals surface area contributed by atoms with E-state index in [4.69, 9.17) is 11.6 Å². The van der Waals surface area contributed by atoms with Crippen LogP contribution in [0.1, 0.15) is 0 Å². The predicted molar refractivity (Wildman–Crippen MR) is 85.0 cm³/mol. The van der Waals surface area contributed by atoms with Crippen molar-refractivity contribution in [3.8, 4) is 11.1 Å². The van der Waals surface area contributed by atoms with Gasteiger partial charge < -0.3 is 0 Å². The molecular formula is C14H8ClIS. The molecule has 84 valence electrons. The van der Waals surface area contributed by atoms with E-state index in [1.165, 1.54) is 24.1 Å². The molecule has 3 rings (SSSR count). The monoisotopic (exact) mass is 370 g/mol. The summed E-state index contributed by atoms with van der Waals surface area (Å²) < 4.78 is 2.47. The van der Waals surface area contributed by atoms with Crippen molar-refractivity contribution in [1.29, 1.82) is 0 Å². The Morgan fingerprint density at radius 3 is 2.47 bits per heavy atom. The minimum absolute atomic E-state index is 0.840. The van der Waals surface area contributed by atoms with E-state index in [-0.39, 0.29) is 0 Å². The molecule has 2 aromatic carbocycles. The quantitative estimate of drug-likeness (QED) is 0.473. The fraction of sp³-hybridized carbons (Fsp3) is 0. The Labute approximate surface area is 122 Å². The summed E-state index contributed by atoms with van der Waals surface area (Å²) in [7, 11) is 0. The van der Waals surface area contributed by atoms with Crippen molar-refractivity contribution in [2.45, 2.75) is 0 Å². The molecule has 1 aromatic heterocycles. The van der Waals surface area contributed by atoms with E-state index in [2.05, 4.69) is 52.9 Å². The van der Waals surface area contributed by atoms with Crippen molar-refractivity contribution in [3.63, 3.8) is 0 Å². The molecule has 0 saturated carbocycles. The van der Waals surface area contributed by atoms with Gasteiger partial charge in [-0.3, -0.25) is 0 Å². The van der Waals surface area contributed by atoms with E-state index in [0.29, 0.717) is 0 Å². The third-order valence-corrected chi connectivity index (χ3v) is 5.34. The SMILES string of the molecule is Clc1cccc2c(-c3ccccc3)c(I)sc12. The Morgan fingerprint density at radius 2 is 1.71 bits per heavy atom. The first kappa shape index (κ1) is 11.5. The van der Waals surface area contributed by atoms with Gasteiger partial charge in [-0.25, -0.2) is 0 Å². The summed E-state index contributed by atoms with van der Waals surface area (Å²) >= 11 is 10.4. The minimum atomic E-state index is 0.840. The minimum Gasteiger partial charge on any atom is -0.127 e. The van der Waals surface area contributed by atoms with Crippen LogP contribution in [0.25, 0.3) is 21.2 Å². The summed E-state index contributed by atoms with van der Waals surface area (Å²) in [4.78, 5) is 0. The van der Waals surface area contributed by atoms with Crippen molar-refractivity contribution in [2.75, 3.05) is 0 Å². The van der Waals surface area contributed by atoms with E-state index in [0.717, 1.165) is 5.02 Å². The van der Waals surface area contributed by atoms with Gasteiger partial charge in [0.2, 0.25) is 0 Å². The zero-order chi connectivity index (χ0) is 11.8. The van der Waals surface area contributed by atoms with E-state index in [1.807, 2.05) is 18.2 Å². The Bertz CT molecular complexity index is 673. The molecule has 3 aromatic rings. The van der Waals surface area contributed by atoms with Crippen LogP contribution in [0.15, 0.2) is 48.5 Å². The van der Waals surface area contributed by atoms with Crippen molar-refractivity contribution in [1.82, 2.24) is 0 Å². The molecule has 0 spiro atoms. The molecule has 0 fully saturated rings. The smallest absolute Gasteiger partial charge is 0.0744 e. The first-order valence-electron chi connectivity index (χ1n) is 5.19. The van der Waals surface area contributed by atoms with Gasteiger partial charge in [0.25, 0.3) is 0 Å². The summed E-state index contributed by atoms with van der Waals surface area (Å²) in [5.41, 5.74) is 2.55.